The molecule has 0 spiro atoms. The van der Waals surface area contributed by atoms with E-state index >= 15 is 0 Å². The van der Waals surface area contributed by atoms with Gasteiger partial charge in [-0.25, -0.2) is 0 Å². The van der Waals surface area contributed by atoms with Gasteiger partial charge in [-0.15, -0.1) is 0 Å². The minimum absolute atomic E-state index is 0.583. The summed E-state index contributed by atoms with van der Waals surface area (Å²) in [5.41, 5.74) is 1.06. The van der Waals surface area contributed by atoms with Crippen LogP contribution in [-0.4, -0.2) is 6.54 Å². The van der Waals surface area contributed by atoms with Gasteiger partial charge in [0.1, 0.15) is 11.5 Å². The molecule has 20 heavy (non-hydrogen) atoms. The van der Waals surface area contributed by atoms with Crippen molar-refractivity contribution in [3.63, 3.8) is 0 Å². The van der Waals surface area contributed by atoms with Crippen LogP contribution in [0, 0.1) is 0 Å². The van der Waals surface area contributed by atoms with Crippen LogP contribution in [0.3, 0.4) is 0 Å². The summed E-state index contributed by atoms with van der Waals surface area (Å²) in [6.07, 6.45) is 1.09. The number of hydrogen-bond donors (Lipinski definition) is 1. The third kappa shape index (κ3) is 4.14. The van der Waals surface area contributed by atoms with Crippen LogP contribution >= 0.6 is 23.2 Å². The molecule has 1 N–H and O–H groups in total. The molecule has 106 valence electrons. The number of benzene rings is 2. The quantitative estimate of drug-likeness (QED) is 0.732. The van der Waals surface area contributed by atoms with Crippen molar-refractivity contribution in [3.8, 4) is 11.5 Å². The minimum atomic E-state index is 0.583. The second-order valence-corrected chi connectivity index (χ2v) is 5.30. The number of hydrogen-bond acceptors (Lipinski definition) is 2. The van der Waals surface area contributed by atoms with E-state index in [1.54, 1.807) is 6.07 Å². The van der Waals surface area contributed by atoms with E-state index in [9.17, 15) is 0 Å². The van der Waals surface area contributed by atoms with E-state index < -0.39 is 0 Å². The van der Waals surface area contributed by atoms with Gasteiger partial charge in [-0.2, -0.15) is 0 Å². The molecule has 0 aliphatic rings. The Balaban J connectivity index is 2.21. The molecule has 2 aromatic rings. The van der Waals surface area contributed by atoms with E-state index in [1.807, 2.05) is 36.4 Å². The molecule has 0 aliphatic carbocycles. The third-order valence-corrected chi connectivity index (χ3v) is 3.38. The SMILES string of the molecule is CCCNCc1ccc(Cl)cc1Oc1ccccc1Cl. The predicted octanol–water partition coefficient (Wildman–Crippen LogP) is 5.29. The normalized spacial score (nSPS) is 10.6. The van der Waals surface area contributed by atoms with E-state index in [0.717, 1.165) is 30.8 Å². The Bertz CT molecular complexity index is 572. The lowest BCUT2D eigenvalue weighted by Crippen LogP contribution is -2.14. The van der Waals surface area contributed by atoms with Crippen LogP contribution in [0.5, 0.6) is 11.5 Å². The first-order valence-corrected chi connectivity index (χ1v) is 7.38. The van der Waals surface area contributed by atoms with Gasteiger partial charge in [0, 0.05) is 17.1 Å². The fourth-order valence-corrected chi connectivity index (χ4v) is 2.15. The summed E-state index contributed by atoms with van der Waals surface area (Å²) in [5.74, 6) is 1.36. The molecule has 4 heteroatoms. The molecule has 0 aliphatic heterocycles. The fraction of sp³-hybridized carbons (Fsp3) is 0.250. The molecule has 0 fully saturated rings. The van der Waals surface area contributed by atoms with E-state index in [0.29, 0.717) is 15.8 Å². The summed E-state index contributed by atoms with van der Waals surface area (Å²) in [7, 11) is 0. The van der Waals surface area contributed by atoms with Crippen molar-refractivity contribution in [1.82, 2.24) is 5.32 Å². The van der Waals surface area contributed by atoms with Gasteiger partial charge in [-0.05, 0) is 37.2 Å². The van der Waals surface area contributed by atoms with Crippen LogP contribution < -0.4 is 10.1 Å². The summed E-state index contributed by atoms with van der Waals surface area (Å²) in [6, 6.07) is 13.1. The summed E-state index contributed by atoms with van der Waals surface area (Å²) < 4.78 is 5.90. The monoisotopic (exact) mass is 309 g/mol. The van der Waals surface area contributed by atoms with Gasteiger partial charge in [-0.1, -0.05) is 48.3 Å². The molecule has 2 aromatic carbocycles. The summed E-state index contributed by atoms with van der Waals surface area (Å²) >= 11 is 12.2. The van der Waals surface area contributed by atoms with Crippen LogP contribution in [0.25, 0.3) is 0 Å². The highest BCUT2D eigenvalue weighted by Gasteiger charge is 2.08. The number of para-hydroxylation sites is 1. The zero-order valence-corrected chi connectivity index (χ0v) is 12.8. The van der Waals surface area contributed by atoms with Crippen molar-refractivity contribution in [1.29, 1.82) is 0 Å². The Morgan fingerprint density at radius 1 is 1.05 bits per heavy atom. The van der Waals surface area contributed by atoms with Crippen molar-refractivity contribution in [2.24, 2.45) is 0 Å². The molecule has 0 unspecified atom stereocenters. The van der Waals surface area contributed by atoms with Gasteiger partial charge in [0.05, 0.1) is 5.02 Å². The molecule has 0 amide bonds. The Kier molecular flexibility index (Phi) is 5.72. The molecule has 0 atom stereocenters. The molecular weight excluding hydrogens is 293 g/mol. The number of ether oxygens (including phenoxy) is 1. The average molecular weight is 310 g/mol. The van der Waals surface area contributed by atoms with Crippen molar-refractivity contribution in [2.75, 3.05) is 6.54 Å². The van der Waals surface area contributed by atoms with E-state index in [4.69, 9.17) is 27.9 Å². The number of halogens is 2. The largest absolute Gasteiger partial charge is 0.455 e. The average Bonchev–Trinajstić information content (AvgIpc) is 2.44. The van der Waals surface area contributed by atoms with Gasteiger partial charge in [0.25, 0.3) is 0 Å². The molecule has 0 heterocycles. The van der Waals surface area contributed by atoms with Crippen molar-refractivity contribution in [2.45, 2.75) is 19.9 Å². The molecule has 2 rings (SSSR count). The Labute approximate surface area is 129 Å². The van der Waals surface area contributed by atoms with Gasteiger partial charge in [0.15, 0.2) is 0 Å². The molecule has 0 aromatic heterocycles. The second kappa shape index (κ2) is 7.53. The molecule has 0 radical (unpaired) electrons. The van der Waals surface area contributed by atoms with E-state index in [1.165, 1.54) is 0 Å². The summed E-state index contributed by atoms with van der Waals surface area (Å²) in [5, 5.41) is 4.58. The van der Waals surface area contributed by atoms with Gasteiger partial charge in [-0.3, -0.25) is 0 Å². The van der Waals surface area contributed by atoms with Crippen LogP contribution in [0.15, 0.2) is 42.5 Å². The van der Waals surface area contributed by atoms with Crippen LogP contribution in [0.2, 0.25) is 10.0 Å². The first kappa shape index (κ1) is 15.2. The number of rotatable bonds is 6. The zero-order valence-electron chi connectivity index (χ0n) is 11.3. The molecule has 0 saturated carbocycles. The van der Waals surface area contributed by atoms with E-state index in [2.05, 4.69) is 12.2 Å². The van der Waals surface area contributed by atoms with Crippen LogP contribution in [0.1, 0.15) is 18.9 Å². The van der Waals surface area contributed by atoms with Gasteiger partial charge >= 0.3 is 0 Å². The van der Waals surface area contributed by atoms with Crippen molar-refractivity contribution < 1.29 is 4.74 Å². The standard InChI is InChI=1S/C16H17Cl2NO/c1-2-9-19-11-12-7-8-13(17)10-16(12)20-15-6-4-3-5-14(15)18/h3-8,10,19H,2,9,11H2,1H3. The topological polar surface area (TPSA) is 21.3 Å². The smallest absolute Gasteiger partial charge is 0.146 e. The molecular formula is C16H17Cl2NO. The Morgan fingerprint density at radius 3 is 2.60 bits per heavy atom. The van der Waals surface area contributed by atoms with Crippen molar-refractivity contribution in [3.05, 3.63) is 58.1 Å². The van der Waals surface area contributed by atoms with Crippen LogP contribution in [-0.2, 0) is 6.54 Å². The maximum atomic E-state index is 6.12. The number of nitrogens with one attached hydrogen (secondary N) is 1. The van der Waals surface area contributed by atoms with Gasteiger partial charge in [0.2, 0.25) is 0 Å². The fourth-order valence-electron chi connectivity index (χ4n) is 1.82. The first-order valence-electron chi connectivity index (χ1n) is 6.62. The molecule has 0 saturated heterocycles. The van der Waals surface area contributed by atoms with Crippen molar-refractivity contribution >= 4 is 23.2 Å². The zero-order chi connectivity index (χ0) is 14.4. The second-order valence-electron chi connectivity index (χ2n) is 4.46. The lowest BCUT2D eigenvalue weighted by molar-refractivity contribution is 0.473. The highest BCUT2D eigenvalue weighted by atomic mass is 35.5. The lowest BCUT2D eigenvalue weighted by atomic mass is 10.2. The predicted molar refractivity (Wildman–Crippen MR) is 85.0 cm³/mol. The summed E-state index contributed by atoms with van der Waals surface area (Å²) in [4.78, 5) is 0. The Hall–Kier alpha value is -1.22. The molecule has 0 bridgehead atoms. The highest BCUT2D eigenvalue weighted by molar-refractivity contribution is 6.32. The van der Waals surface area contributed by atoms with Gasteiger partial charge < -0.3 is 10.1 Å². The maximum Gasteiger partial charge on any atom is 0.146 e. The van der Waals surface area contributed by atoms with Crippen LogP contribution in [0.4, 0.5) is 0 Å². The molecule has 2 nitrogen and oxygen atoms in total. The third-order valence-electron chi connectivity index (χ3n) is 2.83. The lowest BCUT2D eigenvalue weighted by Gasteiger charge is -2.13. The minimum Gasteiger partial charge on any atom is -0.455 e. The summed E-state index contributed by atoms with van der Waals surface area (Å²) in [6.45, 7) is 3.84. The Morgan fingerprint density at radius 2 is 1.85 bits per heavy atom. The first-order chi connectivity index (χ1) is 9.70. The highest BCUT2D eigenvalue weighted by Crippen LogP contribution is 2.32. The maximum absolute atomic E-state index is 6.12. The van der Waals surface area contributed by atoms with E-state index in [-0.39, 0.29) is 0 Å².